The van der Waals surface area contributed by atoms with E-state index < -0.39 is 0 Å². The summed E-state index contributed by atoms with van der Waals surface area (Å²) in [6, 6.07) is 0. The van der Waals surface area contributed by atoms with Gasteiger partial charge in [-0.3, -0.25) is 4.79 Å². The number of carbonyl (C=O) groups is 1. The summed E-state index contributed by atoms with van der Waals surface area (Å²) in [5.41, 5.74) is 0. The minimum Gasteiger partial charge on any atom is -0.385 e. The van der Waals surface area contributed by atoms with Crippen molar-refractivity contribution in [3.8, 4) is 0 Å². The van der Waals surface area contributed by atoms with Gasteiger partial charge in [0.05, 0.1) is 6.20 Å². The van der Waals surface area contributed by atoms with Gasteiger partial charge in [0.15, 0.2) is 5.82 Å². The second-order valence-corrected chi connectivity index (χ2v) is 4.54. The van der Waals surface area contributed by atoms with E-state index in [2.05, 4.69) is 25.4 Å². The van der Waals surface area contributed by atoms with Crippen molar-refractivity contribution in [2.24, 2.45) is 0 Å². The lowest BCUT2D eigenvalue weighted by Crippen LogP contribution is -2.46. The fourth-order valence-electron chi connectivity index (χ4n) is 2.00. The van der Waals surface area contributed by atoms with Gasteiger partial charge < -0.3 is 19.9 Å². The minimum atomic E-state index is 0.524. The predicted molar refractivity (Wildman–Crippen MR) is 74.7 cm³/mol. The predicted octanol–water partition coefficient (Wildman–Crippen LogP) is -0.402. The van der Waals surface area contributed by atoms with E-state index >= 15 is 0 Å². The number of hydrogen-bond acceptors (Lipinski definition) is 7. The molecule has 0 saturated carbocycles. The Morgan fingerprint density at radius 2 is 2.20 bits per heavy atom. The second-order valence-electron chi connectivity index (χ2n) is 4.54. The summed E-state index contributed by atoms with van der Waals surface area (Å²) in [6.45, 7) is 4.40. The zero-order valence-corrected chi connectivity index (χ0v) is 11.7. The van der Waals surface area contributed by atoms with E-state index in [-0.39, 0.29) is 0 Å². The maximum Gasteiger partial charge on any atom is 0.244 e. The first-order valence-electron chi connectivity index (χ1n) is 6.70. The molecular weight excluding hydrogens is 260 g/mol. The quantitative estimate of drug-likeness (QED) is 0.537. The molecular formula is C12H20N6O2. The summed E-state index contributed by atoms with van der Waals surface area (Å²) in [5.74, 6) is 1.32. The highest BCUT2D eigenvalue weighted by Crippen LogP contribution is 2.12. The standard InChI is InChI=1S/C12H20N6O2/c1-20-8-2-3-13-12-15-11(9-14-16-12)18-6-4-17(10-19)5-7-18/h9-10H,2-8H2,1H3,(H,13,15,16). The van der Waals surface area contributed by atoms with Crippen molar-refractivity contribution in [1.82, 2.24) is 20.1 Å². The van der Waals surface area contributed by atoms with Gasteiger partial charge in [-0.05, 0) is 6.42 Å². The number of rotatable bonds is 7. The van der Waals surface area contributed by atoms with Gasteiger partial charge in [0, 0.05) is 46.4 Å². The van der Waals surface area contributed by atoms with Crippen LogP contribution in [0.5, 0.6) is 0 Å². The molecule has 1 fully saturated rings. The Labute approximate surface area is 118 Å². The number of ether oxygens (including phenoxy) is 1. The smallest absolute Gasteiger partial charge is 0.244 e. The van der Waals surface area contributed by atoms with E-state index in [0.717, 1.165) is 38.3 Å². The number of carbonyl (C=O) groups excluding carboxylic acids is 1. The Morgan fingerprint density at radius 3 is 2.90 bits per heavy atom. The molecule has 110 valence electrons. The number of aromatic nitrogens is 3. The van der Waals surface area contributed by atoms with Crippen LogP contribution in [0.1, 0.15) is 6.42 Å². The van der Waals surface area contributed by atoms with Crippen LogP contribution in [0.15, 0.2) is 6.20 Å². The molecule has 1 N–H and O–H groups in total. The topological polar surface area (TPSA) is 83.5 Å². The fourth-order valence-corrected chi connectivity index (χ4v) is 2.00. The van der Waals surface area contributed by atoms with E-state index in [1.54, 1.807) is 18.2 Å². The highest BCUT2D eigenvalue weighted by atomic mass is 16.5. The number of hydrogen-bond donors (Lipinski definition) is 1. The van der Waals surface area contributed by atoms with Crippen LogP contribution in [0.2, 0.25) is 0 Å². The minimum absolute atomic E-state index is 0.524. The lowest BCUT2D eigenvalue weighted by atomic mass is 10.3. The van der Waals surface area contributed by atoms with Crippen LogP contribution in [-0.4, -0.2) is 72.9 Å². The van der Waals surface area contributed by atoms with E-state index in [9.17, 15) is 4.79 Å². The van der Waals surface area contributed by atoms with Crippen LogP contribution >= 0.6 is 0 Å². The number of anilines is 2. The van der Waals surface area contributed by atoms with Gasteiger partial charge in [0.25, 0.3) is 0 Å². The zero-order chi connectivity index (χ0) is 14.2. The molecule has 1 amide bonds. The number of nitrogens with zero attached hydrogens (tertiary/aromatic N) is 5. The fraction of sp³-hybridized carbons (Fsp3) is 0.667. The maximum absolute atomic E-state index is 10.7. The average molecular weight is 280 g/mol. The Hall–Kier alpha value is -1.96. The van der Waals surface area contributed by atoms with E-state index in [0.29, 0.717) is 25.6 Å². The third-order valence-electron chi connectivity index (χ3n) is 3.14. The summed E-state index contributed by atoms with van der Waals surface area (Å²) in [5, 5.41) is 11.0. The molecule has 0 radical (unpaired) electrons. The number of piperazine rings is 1. The lowest BCUT2D eigenvalue weighted by molar-refractivity contribution is -0.118. The lowest BCUT2D eigenvalue weighted by Gasteiger charge is -2.33. The Morgan fingerprint density at radius 1 is 1.40 bits per heavy atom. The molecule has 0 spiro atoms. The largest absolute Gasteiger partial charge is 0.385 e. The summed E-state index contributed by atoms with van der Waals surface area (Å²) in [6.07, 6.45) is 3.43. The van der Waals surface area contributed by atoms with Crippen molar-refractivity contribution in [2.75, 3.05) is 56.7 Å². The van der Waals surface area contributed by atoms with Crippen LogP contribution < -0.4 is 10.2 Å². The number of nitrogens with one attached hydrogen (secondary N) is 1. The van der Waals surface area contributed by atoms with Crippen molar-refractivity contribution in [3.63, 3.8) is 0 Å². The third kappa shape index (κ3) is 4.02. The van der Waals surface area contributed by atoms with E-state index in [1.165, 1.54) is 0 Å². The van der Waals surface area contributed by atoms with Crippen molar-refractivity contribution in [1.29, 1.82) is 0 Å². The highest BCUT2D eigenvalue weighted by Gasteiger charge is 2.17. The normalized spacial score (nSPS) is 15.2. The van der Waals surface area contributed by atoms with Crippen molar-refractivity contribution in [3.05, 3.63) is 6.20 Å². The van der Waals surface area contributed by atoms with Crippen LogP contribution in [0, 0.1) is 0 Å². The Kier molecular flexibility index (Phi) is 5.48. The molecule has 1 aliphatic rings. The molecule has 1 aliphatic heterocycles. The summed E-state index contributed by atoms with van der Waals surface area (Å²) in [4.78, 5) is 19.0. The average Bonchev–Trinajstić information content (AvgIpc) is 2.52. The van der Waals surface area contributed by atoms with Crippen molar-refractivity contribution < 1.29 is 9.53 Å². The molecule has 0 aliphatic carbocycles. The van der Waals surface area contributed by atoms with Crippen LogP contribution in [-0.2, 0) is 9.53 Å². The van der Waals surface area contributed by atoms with Gasteiger partial charge in [-0.15, -0.1) is 5.10 Å². The molecule has 0 unspecified atom stereocenters. The van der Waals surface area contributed by atoms with Gasteiger partial charge >= 0.3 is 0 Å². The van der Waals surface area contributed by atoms with Gasteiger partial charge in [-0.1, -0.05) is 0 Å². The molecule has 20 heavy (non-hydrogen) atoms. The SMILES string of the molecule is COCCCNc1nncc(N2CCN(C=O)CC2)n1. The Balaban J connectivity index is 1.87. The van der Waals surface area contributed by atoms with Crippen LogP contribution in [0.4, 0.5) is 11.8 Å². The monoisotopic (exact) mass is 280 g/mol. The third-order valence-corrected chi connectivity index (χ3v) is 3.14. The molecule has 1 aromatic rings. The molecule has 0 aromatic carbocycles. The molecule has 8 nitrogen and oxygen atoms in total. The first-order chi connectivity index (χ1) is 9.83. The maximum atomic E-state index is 10.7. The first kappa shape index (κ1) is 14.4. The summed E-state index contributed by atoms with van der Waals surface area (Å²) >= 11 is 0. The highest BCUT2D eigenvalue weighted by molar-refractivity contribution is 5.49. The molecule has 1 saturated heterocycles. The van der Waals surface area contributed by atoms with E-state index in [4.69, 9.17) is 4.74 Å². The molecule has 0 bridgehead atoms. The molecule has 8 heteroatoms. The molecule has 0 atom stereocenters. The molecule has 2 heterocycles. The van der Waals surface area contributed by atoms with E-state index in [1.807, 2.05) is 0 Å². The first-order valence-corrected chi connectivity index (χ1v) is 6.70. The van der Waals surface area contributed by atoms with Gasteiger partial charge in [-0.2, -0.15) is 10.1 Å². The van der Waals surface area contributed by atoms with Gasteiger partial charge in [0.2, 0.25) is 12.4 Å². The number of amides is 1. The Bertz CT molecular complexity index is 422. The van der Waals surface area contributed by atoms with Crippen LogP contribution in [0.25, 0.3) is 0 Å². The molecule has 2 rings (SSSR count). The summed E-state index contributed by atoms with van der Waals surface area (Å²) < 4.78 is 4.98. The van der Waals surface area contributed by atoms with Gasteiger partial charge in [-0.25, -0.2) is 0 Å². The molecule has 1 aromatic heterocycles. The van der Waals surface area contributed by atoms with Crippen molar-refractivity contribution >= 4 is 18.2 Å². The van der Waals surface area contributed by atoms with Crippen molar-refractivity contribution in [2.45, 2.75) is 6.42 Å². The second kappa shape index (κ2) is 7.59. The summed E-state index contributed by atoms with van der Waals surface area (Å²) in [7, 11) is 1.68. The van der Waals surface area contributed by atoms with Crippen LogP contribution in [0.3, 0.4) is 0 Å². The number of methoxy groups -OCH3 is 1. The zero-order valence-electron chi connectivity index (χ0n) is 11.7. The van der Waals surface area contributed by atoms with Gasteiger partial charge in [0.1, 0.15) is 0 Å².